The number of halogens is 1. The fourth-order valence-electron chi connectivity index (χ4n) is 2.99. The number of amides is 2. The molecule has 1 heterocycles. The zero-order valence-corrected chi connectivity index (χ0v) is 15.5. The molecule has 1 aliphatic heterocycles. The van der Waals surface area contributed by atoms with E-state index in [1.54, 1.807) is 36.4 Å². The van der Waals surface area contributed by atoms with Gasteiger partial charge in [0.1, 0.15) is 0 Å². The molecule has 1 saturated heterocycles. The fourth-order valence-corrected chi connectivity index (χ4v) is 3.11. The summed E-state index contributed by atoms with van der Waals surface area (Å²) in [6.07, 6.45) is 0.134. The van der Waals surface area contributed by atoms with Crippen LogP contribution in [0.3, 0.4) is 0 Å². The quantitative estimate of drug-likeness (QED) is 0.802. The Morgan fingerprint density at radius 1 is 1.22 bits per heavy atom. The van der Waals surface area contributed by atoms with E-state index in [0.717, 1.165) is 5.56 Å². The molecular weight excluding hydrogens is 368 g/mol. The second-order valence-electron chi connectivity index (χ2n) is 6.29. The molecule has 0 aromatic heterocycles. The van der Waals surface area contributed by atoms with E-state index in [0.29, 0.717) is 22.8 Å². The highest BCUT2D eigenvalue weighted by Crippen LogP contribution is 2.26. The fraction of sp³-hybridized carbons (Fsp3) is 0.250. The molecule has 27 heavy (non-hydrogen) atoms. The molecule has 0 bridgehead atoms. The van der Waals surface area contributed by atoms with Crippen molar-refractivity contribution in [3.63, 3.8) is 0 Å². The predicted octanol–water partition coefficient (Wildman–Crippen LogP) is 2.80. The van der Waals surface area contributed by atoms with Crippen molar-refractivity contribution in [3.8, 4) is 0 Å². The van der Waals surface area contributed by atoms with Gasteiger partial charge in [-0.05, 0) is 35.9 Å². The van der Waals surface area contributed by atoms with E-state index in [1.165, 1.54) is 12.0 Å². The van der Waals surface area contributed by atoms with Crippen LogP contribution < -0.4 is 10.2 Å². The highest BCUT2D eigenvalue weighted by atomic mass is 35.5. The van der Waals surface area contributed by atoms with Crippen LogP contribution in [0, 0.1) is 5.92 Å². The van der Waals surface area contributed by atoms with Gasteiger partial charge in [0.25, 0.3) is 0 Å². The van der Waals surface area contributed by atoms with Gasteiger partial charge in [-0.25, -0.2) is 4.79 Å². The van der Waals surface area contributed by atoms with E-state index in [-0.39, 0.29) is 24.8 Å². The summed E-state index contributed by atoms with van der Waals surface area (Å²) in [5.74, 6) is -1.24. The molecule has 0 saturated carbocycles. The third kappa shape index (κ3) is 4.46. The molecule has 0 radical (unpaired) electrons. The number of esters is 1. The summed E-state index contributed by atoms with van der Waals surface area (Å²) in [4.78, 5) is 38.0. The number of carbonyl (C=O) groups is 3. The third-order valence-corrected chi connectivity index (χ3v) is 4.71. The number of nitrogens with one attached hydrogen (secondary N) is 1. The van der Waals surface area contributed by atoms with Crippen molar-refractivity contribution < 1.29 is 19.1 Å². The van der Waals surface area contributed by atoms with Gasteiger partial charge in [-0.1, -0.05) is 29.8 Å². The van der Waals surface area contributed by atoms with Gasteiger partial charge in [-0.2, -0.15) is 0 Å². The molecule has 7 heteroatoms. The molecule has 1 fully saturated rings. The summed E-state index contributed by atoms with van der Waals surface area (Å²) in [5.41, 5.74) is 1.87. The van der Waals surface area contributed by atoms with Crippen LogP contribution in [0.1, 0.15) is 22.3 Å². The Morgan fingerprint density at radius 2 is 1.96 bits per heavy atom. The number of carbonyl (C=O) groups excluding carboxylic acids is 3. The maximum Gasteiger partial charge on any atom is 0.337 e. The number of hydrogen-bond donors (Lipinski definition) is 1. The maximum absolute atomic E-state index is 12.4. The number of methoxy groups -OCH3 is 1. The second-order valence-corrected chi connectivity index (χ2v) is 6.73. The van der Waals surface area contributed by atoms with E-state index in [2.05, 4.69) is 5.32 Å². The lowest BCUT2D eigenvalue weighted by Gasteiger charge is -2.17. The van der Waals surface area contributed by atoms with E-state index in [9.17, 15) is 14.4 Å². The minimum absolute atomic E-state index is 0.134. The topological polar surface area (TPSA) is 75.7 Å². The molecule has 0 spiro atoms. The van der Waals surface area contributed by atoms with Gasteiger partial charge in [0, 0.05) is 30.2 Å². The van der Waals surface area contributed by atoms with Gasteiger partial charge in [0.15, 0.2) is 0 Å². The maximum atomic E-state index is 12.4. The highest BCUT2D eigenvalue weighted by Gasteiger charge is 2.35. The molecular formula is C20H19ClN2O4. The monoisotopic (exact) mass is 386 g/mol. The number of nitrogens with zero attached hydrogens (tertiary/aromatic N) is 1. The van der Waals surface area contributed by atoms with Gasteiger partial charge < -0.3 is 15.0 Å². The van der Waals surface area contributed by atoms with Crippen molar-refractivity contribution in [1.82, 2.24) is 5.32 Å². The molecule has 2 aromatic rings. The Bertz CT molecular complexity index is 867. The van der Waals surface area contributed by atoms with Crippen LogP contribution in [0.15, 0.2) is 48.5 Å². The predicted molar refractivity (Wildman–Crippen MR) is 102 cm³/mol. The summed E-state index contributed by atoms with van der Waals surface area (Å²) in [6.45, 7) is 0.647. The lowest BCUT2D eigenvalue weighted by atomic mass is 10.1. The summed E-state index contributed by atoms with van der Waals surface area (Å²) in [7, 11) is 1.30. The first-order chi connectivity index (χ1) is 13.0. The van der Waals surface area contributed by atoms with E-state index in [1.807, 2.05) is 12.1 Å². The lowest BCUT2D eigenvalue weighted by Crippen LogP contribution is -2.32. The van der Waals surface area contributed by atoms with Crippen molar-refractivity contribution in [1.29, 1.82) is 0 Å². The Kier molecular flexibility index (Phi) is 5.76. The largest absolute Gasteiger partial charge is 0.465 e. The molecule has 0 aliphatic carbocycles. The van der Waals surface area contributed by atoms with Crippen molar-refractivity contribution in [2.75, 3.05) is 18.6 Å². The van der Waals surface area contributed by atoms with Gasteiger partial charge in [0.2, 0.25) is 11.8 Å². The van der Waals surface area contributed by atoms with Crippen LogP contribution in [0.25, 0.3) is 0 Å². The Morgan fingerprint density at radius 3 is 2.67 bits per heavy atom. The van der Waals surface area contributed by atoms with Crippen LogP contribution in [0.5, 0.6) is 0 Å². The van der Waals surface area contributed by atoms with Gasteiger partial charge in [-0.3, -0.25) is 9.59 Å². The van der Waals surface area contributed by atoms with Gasteiger partial charge in [0.05, 0.1) is 18.6 Å². The summed E-state index contributed by atoms with van der Waals surface area (Å²) in [5, 5.41) is 3.49. The average molecular weight is 387 g/mol. The lowest BCUT2D eigenvalue weighted by molar-refractivity contribution is -0.126. The molecule has 3 rings (SSSR count). The normalized spacial score (nSPS) is 16.3. The van der Waals surface area contributed by atoms with E-state index < -0.39 is 11.9 Å². The Balaban J connectivity index is 1.63. The van der Waals surface area contributed by atoms with Crippen molar-refractivity contribution in [2.24, 2.45) is 5.92 Å². The first-order valence-corrected chi connectivity index (χ1v) is 8.86. The standard InChI is InChI=1S/C20H19ClN2O4/c1-27-20(26)14-3-2-4-17(9-14)23-12-15(10-18(23)24)19(25)22-11-13-5-7-16(21)8-6-13/h2-9,15H,10-12H2,1H3,(H,22,25). The number of anilines is 1. The molecule has 140 valence electrons. The number of benzene rings is 2. The van der Waals surface area contributed by atoms with Crippen LogP contribution in [-0.2, 0) is 20.9 Å². The molecule has 6 nitrogen and oxygen atoms in total. The van der Waals surface area contributed by atoms with Gasteiger partial charge >= 0.3 is 5.97 Å². The summed E-state index contributed by atoms with van der Waals surface area (Å²) in [6, 6.07) is 13.8. The smallest absolute Gasteiger partial charge is 0.337 e. The number of rotatable bonds is 5. The minimum atomic E-state index is -0.472. The first-order valence-electron chi connectivity index (χ1n) is 8.49. The molecule has 1 N–H and O–H groups in total. The summed E-state index contributed by atoms with van der Waals surface area (Å²) < 4.78 is 4.71. The van der Waals surface area contributed by atoms with E-state index in [4.69, 9.17) is 16.3 Å². The van der Waals surface area contributed by atoms with Crippen LogP contribution in [-0.4, -0.2) is 31.4 Å². The number of ether oxygens (including phenoxy) is 1. The second kappa shape index (κ2) is 8.22. The van der Waals surface area contributed by atoms with Crippen molar-refractivity contribution >= 4 is 35.1 Å². The highest BCUT2D eigenvalue weighted by molar-refractivity contribution is 6.30. The van der Waals surface area contributed by atoms with Crippen molar-refractivity contribution in [3.05, 3.63) is 64.7 Å². The first kappa shape index (κ1) is 18.9. The van der Waals surface area contributed by atoms with Crippen LogP contribution in [0.4, 0.5) is 5.69 Å². The minimum Gasteiger partial charge on any atom is -0.465 e. The van der Waals surface area contributed by atoms with Crippen LogP contribution in [0.2, 0.25) is 5.02 Å². The summed E-state index contributed by atoms with van der Waals surface area (Å²) >= 11 is 5.85. The zero-order chi connectivity index (χ0) is 19.4. The molecule has 2 aromatic carbocycles. The zero-order valence-electron chi connectivity index (χ0n) is 14.8. The molecule has 1 aliphatic rings. The third-order valence-electron chi connectivity index (χ3n) is 4.45. The molecule has 2 amide bonds. The average Bonchev–Trinajstić information content (AvgIpc) is 3.08. The molecule has 1 unspecified atom stereocenters. The SMILES string of the molecule is COC(=O)c1cccc(N2CC(C(=O)NCc3ccc(Cl)cc3)CC2=O)c1. The molecule has 1 atom stereocenters. The van der Waals surface area contributed by atoms with E-state index >= 15 is 0 Å². The Labute approximate surface area is 162 Å². The van der Waals surface area contributed by atoms with Gasteiger partial charge in [-0.15, -0.1) is 0 Å². The van der Waals surface area contributed by atoms with Crippen molar-refractivity contribution in [2.45, 2.75) is 13.0 Å². The van der Waals surface area contributed by atoms with Crippen LogP contribution >= 0.6 is 11.6 Å². The Hall–Kier alpha value is -2.86. The number of hydrogen-bond acceptors (Lipinski definition) is 4.